The van der Waals surface area contributed by atoms with Crippen LogP contribution in [-0.4, -0.2) is 16.0 Å². The molecule has 2 N–H and O–H groups in total. The maximum absolute atomic E-state index is 4.69. The van der Waals surface area contributed by atoms with E-state index in [0.717, 1.165) is 29.2 Å². The fourth-order valence-electron chi connectivity index (χ4n) is 2.58. The Kier molecular flexibility index (Phi) is 5.29. The molecule has 4 nitrogen and oxygen atoms in total. The van der Waals surface area contributed by atoms with E-state index in [0.29, 0.717) is 12.0 Å². The Labute approximate surface area is 149 Å². The summed E-state index contributed by atoms with van der Waals surface area (Å²) in [5.41, 5.74) is 4.26. The summed E-state index contributed by atoms with van der Waals surface area (Å²) in [6.45, 7) is 6.35. The van der Waals surface area contributed by atoms with Crippen molar-refractivity contribution >= 4 is 17.5 Å². The van der Waals surface area contributed by atoms with Crippen LogP contribution in [0.5, 0.6) is 0 Å². The molecule has 1 heterocycles. The molecule has 25 heavy (non-hydrogen) atoms. The zero-order valence-electron chi connectivity index (χ0n) is 15.0. The number of aryl methyl sites for hydroxylation is 1. The summed E-state index contributed by atoms with van der Waals surface area (Å²) in [6, 6.07) is 20.8. The molecule has 4 heteroatoms. The van der Waals surface area contributed by atoms with E-state index in [1.807, 2.05) is 24.3 Å². The summed E-state index contributed by atoms with van der Waals surface area (Å²) in [5, 5.41) is 6.69. The second-order valence-corrected chi connectivity index (χ2v) is 6.30. The van der Waals surface area contributed by atoms with Crippen molar-refractivity contribution in [2.45, 2.75) is 33.2 Å². The Morgan fingerprint density at radius 2 is 1.64 bits per heavy atom. The van der Waals surface area contributed by atoms with Crippen molar-refractivity contribution in [3.63, 3.8) is 0 Å². The van der Waals surface area contributed by atoms with Gasteiger partial charge in [-0.25, -0.2) is 4.98 Å². The minimum absolute atomic E-state index is 0.301. The molecule has 0 spiro atoms. The van der Waals surface area contributed by atoms with Crippen molar-refractivity contribution in [2.75, 3.05) is 10.6 Å². The van der Waals surface area contributed by atoms with Crippen LogP contribution in [0.2, 0.25) is 0 Å². The highest BCUT2D eigenvalue weighted by molar-refractivity contribution is 5.66. The van der Waals surface area contributed by atoms with Crippen LogP contribution in [0.3, 0.4) is 0 Å². The van der Waals surface area contributed by atoms with Gasteiger partial charge in [-0.2, -0.15) is 4.98 Å². The number of nitrogens with zero attached hydrogens (tertiary/aromatic N) is 2. The third-order valence-corrected chi connectivity index (χ3v) is 3.85. The molecule has 128 valence electrons. The molecule has 1 aromatic heterocycles. The van der Waals surface area contributed by atoms with Crippen molar-refractivity contribution < 1.29 is 0 Å². The average Bonchev–Trinajstić information content (AvgIpc) is 2.62. The number of nitrogens with one attached hydrogen (secondary N) is 2. The van der Waals surface area contributed by atoms with Crippen molar-refractivity contribution in [3.05, 3.63) is 66.2 Å². The fourth-order valence-corrected chi connectivity index (χ4v) is 2.58. The van der Waals surface area contributed by atoms with Crippen LogP contribution in [-0.2, 0) is 6.42 Å². The van der Waals surface area contributed by atoms with Gasteiger partial charge >= 0.3 is 0 Å². The van der Waals surface area contributed by atoms with Crippen LogP contribution < -0.4 is 10.6 Å². The van der Waals surface area contributed by atoms with Crippen LogP contribution in [0.25, 0.3) is 11.3 Å². The zero-order valence-corrected chi connectivity index (χ0v) is 15.0. The van der Waals surface area contributed by atoms with Gasteiger partial charge in [0.2, 0.25) is 5.95 Å². The summed E-state index contributed by atoms with van der Waals surface area (Å²) < 4.78 is 0. The highest BCUT2D eigenvalue weighted by Gasteiger charge is 2.08. The standard InChI is InChI=1S/C21H24N4/c1-4-16-10-12-18(13-11-16)23-21-24-19(17-8-6-5-7-9-17)14-20(25-21)22-15(2)3/h5-15H,4H2,1-3H3,(H2,22,23,24,25). The first-order chi connectivity index (χ1) is 12.1. The molecule has 3 aromatic rings. The fraction of sp³-hybridized carbons (Fsp3) is 0.238. The first-order valence-corrected chi connectivity index (χ1v) is 8.71. The van der Waals surface area contributed by atoms with Gasteiger partial charge in [-0.3, -0.25) is 0 Å². The topological polar surface area (TPSA) is 49.8 Å². The van der Waals surface area contributed by atoms with Crippen molar-refractivity contribution in [2.24, 2.45) is 0 Å². The van der Waals surface area contributed by atoms with Gasteiger partial charge in [-0.05, 0) is 38.0 Å². The molecule has 0 amide bonds. The van der Waals surface area contributed by atoms with E-state index in [1.54, 1.807) is 0 Å². The van der Waals surface area contributed by atoms with E-state index in [-0.39, 0.29) is 0 Å². The van der Waals surface area contributed by atoms with E-state index in [2.05, 4.69) is 77.8 Å². The summed E-state index contributed by atoms with van der Waals surface area (Å²) in [7, 11) is 0. The van der Waals surface area contributed by atoms with E-state index in [4.69, 9.17) is 0 Å². The highest BCUT2D eigenvalue weighted by Crippen LogP contribution is 2.23. The summed E-state index contributed by atoms with van der Waals surface area (Å²) in [6.07, 6.45) is 1.03. The number of aromatic nitrogens is 2. The molecule has 0 fully saturated rings. The van der Waals surface area contributed by atoms with E-state index in [9.17, 15) is 0 Å². The van der Waals surface area contributed by atoms with Crippen LogP contribution >= 0.6 is 0 Å². The van der Waals surface area contributed by atoms with Crippen molar-refractivity contribution in [1.29, 1.82) is 0 Å². The second kappa shape index (κ2) is 7.79. The number of hydrogen-bond acceptors (Lipinski definition) is 4. The second-order valence-electron chi connectivity index (χ2n) is 6.30. The Morgan fingerprint density at radius 1 is 0.920 bits per heavy atom. The lowest BCUT2D eigenvalue weighted by Crippen LogP contribution is -2.12. The largest absolute Gasteiger partial charge is 0.368 e. The van der Waals surface area contributed by atoms with E-state index >= 15 is 0 Å². The van der Waals surface area contributed by atoms with Crippen LogP contribution in [0.15, 0.2) is 60.7 Å². The first-order valence-electron chi connectivity index (χ1n) is 8.71. The smallest absolute Gasteiger partial charge is 0.229 e. The van der Waals surface area contributed by atoms with Crippen molar-refractivity contribution in [1.82, 2.24) is 9.97 Å². The summed E-state index contributed by atoms with van der Waals surface area (Å²) in [4.78, 5) is 9.29. The lowest BCUT2D eigenvalue weighted by atomic mass is 10.1. The predicted octanol–water partition coefficient (Wildman–Crippen LogP) is 5.27. The Hall–Kier alpha value is -2.88. The molecule has 0 saturated carbocycles. The lowest BCUT2D eigenvalue weighted by molar-refractivity contribution is 0.887. The van der Waals surface area contributed by atoms with Crippen LogP contribution in [0, 0.1) is 0 Å². The minimum Gasteiger partial charge on any atom is -0.368 e. The molecule has 0 aliphatic rings. The minimum atomic E-state index is 0.301. The Morgan fingerprint density at radius 3 is 2.28 bits per heavy atom. The number of anilines is 3. The Balaban J connectivity index is 1.93. The third-order valence-electron chi connectivity index (χ3n) is 3.85. The zero-order chi connectivity index (χ0) is 17.6. The molecular formula is C21H24N4. The molecule has 0 bridgehead atoms. The molecule has 0 unspecified atom stereocenters. The SMILES string of the molecule is CCc1ccc(Nc2nc(NC(C)C)cc(-c3ccccc3)n2)cc1. The third kappa shape index (κ3) is 4.57. The van der Waals surface area contributed by atoms with Gasteiger partial charge < -0.3 is 10.6 Å². The molecule has 0 radical (unpaired) electrons. The quantitative estimate of drug-likeness (QED) is 0.645. The predicted molar refractivity (Wildman–Crippen MR) is 105 cm³/mol. The molecule has 0 aliphatic heterocycles. The van der Waals surface area contributed by atoms with Gasteiger partial charge in [0.1, 0.15) is 5.82 Å². The van der Waals surface area contributed by atoms with Gasteiger partial charge in [0, 0.05) is 23.4 Å². The summed E-state index contributed by atoms with van der Waals surface area (Å²) >= 11 is 0. The van der Waals surface area contributed by atoms with Crippen molar-refractivity contribution in [3.8, 4) is 11.3 Å². The van der Waals surface area contributed by atoms with Gasteiger partial charge in [0.05, 0.1) is 5.69 Å². The van der Waals surface area contributed by atoms with Gasteiger partial charge in [0.15, 0.2) is 0 Å². The first kappa shape index (κ1) is 17.0. The molecule has 0 aliphatic carbocycles. The normalized spacial score (nSPS) is 10.7. The maximum atomic E-state index is 4.69. The van der Waals surface area contributed by atoms with Gasteiger partial charge in [-0.1, -0.05) is 49.4 Å². The van der Waals surface area contributed by atoms with Gasteiger partial charge in [-0.15, -0.1) is 0 Å². The van der Waals surface area contributed by atoms with E-state index in [1.165, 1.54) is 5.56 Å². The highest BCUT2D eigenvalue weighted by atomic mass is 15.1. The molecule has 2 aromatic carbocycles. The maximum Gasteiger partial charge on any atom is 0.229 e. The number of hydrogen-bond donors (Lipinski definition) is 2. The Bertz CT molecular complexity index is 811. The summed E-state index contributed by atoms with van der Waals surface area (Å²) in [5.74, 6) is 1.41. The molecular weight excluding hydrogens is 308 g/mol. The van der Waals surface area contributed by atoms with Gasteiger partial charge in [0.25, 0.3) is 0 Å². The van der Waals surface area contributed by atoms with Crippen LogP contribution in [0.4, 0.5) is 17.5 Å². The van der Waals surface area contributed by atoms with Crippen LogP contribution in [0.1, 0.15) is 26.3 Å². The van der Waals surface area contributed by atoms with E-state index < -0.39 is 0 Å². The lowest BCUT2D eigenvalue weighted by Gasteiger charge is -2.13. The number of benzene rings is 2. The molecule has 0 atom stereocenters. The monoisotopic (exact) mass is 332 g/mol. The molecule has 0 saturated heterocycles. The number of rotatable bonds is 6. The average molecular weight is 332 g/mol. The molecule has 3 rings (SSSR count).